The standard InChI is InChI=1S/C14H21NO2/c1-3-4-10-7-13(10)15-9(2)12-6-5-11(16)8-14(12)17/h5-6,8-10,13,15-17H,3-4,7H2,1-2H3. The highest BCUT2D eigenvalue weighted by atomic mass is 16.3. The predicted octanol–water partition coefficient (Wildman–Crippen LogP) is 2.94. The molecule has 0 aliphatic heterocycles. The summed E-state index contributed by atoms with van der Waals surface area (Å²) in [5.41, 5.74) is 0.852. The van der Waals surface area contributed by atoms with Crippen LogP contribution in [0.15, 0.2) is 18.2 Å². The molecule has 2 rings (SSSR count). The van der Waals surface area contributed by atoms with Crippen LogP contribution in [0.25, 0.3) is 0 Å². The second-order valence-corrected chi connectivity index (χ2v) is 5.02. The van der Waals surface area contributed by atoms with Crippen molar-refractivity contribution in [1.82, 2.24) is 5.32 Å². The molecule has 94 valence electrons. The summed E-state index contributed by atoms with van der Waals surface area (Å²) in [6.07, 6.45) is 3.77. The van der Waals surface area contributed by atoms with Gasteiger partial charge in [0, 0.05) is 23.7 Å². The lowest BCUT2D eigenvalue weighted by Gasteiger charge is -2.15. The van der Waals surface area contributed by atoms with E-state index in [1.54, 1.807) is 12.1 Å². The zero-order valence-electron chi connectivity index (χ0n) is 10.5. The molecule has 0 aromatic heterocycles. The molecule has 0 saturated heterocycles. The number of phenolic OH excluding ortho intramolecular Hbond substituents is 2. The highest BCUT2D eigenvalue weighted by Crippen LogP contribution is 2.37. The van der Waals surface area contributed by atoms with Crippen molar-refractivity contribution in [3.8, 4) is 11.5 Å². The molecule has 17 heavy (non-hydrogen) atoms. The lowest BCUT2D eigenvalue weighted by molar-refractivity contribution is 0.433. The van der Waals surface area contributed by atoms with Gasteiger partial charge in [-0.3, -0.25) is 0 Å². The van der Waals surface area contributed by atoms with Crippen LogP contribution in [-0.2, 0) is 0 Å². The average molecular weight is 235 g/mol. The summed E-state index contributed by atoms with van der Waals surface area (Å²) in [5, 5.41) is 22.5. The number of nitrogens with one attached hydrogen (secondary N) is 1. The van der Waals surface area contributed by atoms with Gasteiger partial charge < -0.3 is 15.5 Å². The van der Waals surface area contributed by atoms with Crippen LogP contribution in [0.5, 0.6) is 11.5 Å². The largest absolute Gasteiger partial charge is 0.508 e. The molecule has 3 nitrogen and oxygen atoms in total. The van der Waals surface area contributed by atoms with E-state index in [1.165, 1.54) is 25.3 Å². The molecule has 1 aliphatic rings. The van der Waals surface area contributed by atoms with Crippen LogP contribution < -0.4 is 5.32 Å². The van der Waals surface area contributed by atoms with Crippen molar-refractivity contribution in [2.75, 3.05) is 0 Å². The van der Waals surface area contributed by atoms with Gasteiger partial charge in [0.05, 0.1) is 0 Å². The maximum Gasteiger partial charge on any atom is 0.124 e. The Labute approximate surface area is 102 Å². The van der Waals surface area contributed by atoms with E-state index in [4.69, 9.17) is 0 Å². The van der Waals surface area contributed by atoms with Gasteiger partial charge in [-0.05, 0) is 31.7 Å². The predicted molar refractivity (Wildman–Crippen MR) is 68.1 cm³/mol. The van der Waals surface area contributed by atoms with E-state index in [-0.39, 0.29) is 17.5 Å². The fraction of sp³-hybridized carbons (Fsp3) is 0.571. The number of hydrogen-bond donors (Lipinski definition) is 3. The molecule has 0 bridgehead atoms. The third-order valence-corrected chi connectivity index (χ3v) is 3.53. The van der Waals surface area contributed by atoms with Gasteiger partial charge in [0.15, 0.2) is 0 Å². The van der Waals surface area contributed by atoms with Gasteiger partial charge in [-0.1, -0.05) is 19.4 Å². The van der Waals surface area contributed by atoms with Crippen LogP contribution in [0.4, 0.5) is 0 Å². The Morgan fingerprint density at radius 3 is 2.82 bits per heavy atom. The zero-order chi connectivity index (χ0) is 12.4. The molecule has 1 aromatic rings. The number of phenols is 2. The van der Waals surface area contributed by atoms with Crippen molar-refractivity contribution in [3.05, 3.63) is 23.8 Å². The quantitative estimate of drug-likeness (QED) is 0.735. The van der Waals surface area contributed by atoms with Crippen LogP contribution in [0, 0.1) is 5.92 Å². The SMILES string of the molecule is CCCC1CC1NC(C)c1ccc(O)cc1O. The summed E-state index contributed by atoms with van der Waals surface area (Å²) in [6, 6.07) is 5.51. The van der Waals surface area contributed by atoms with Crippen LogP contribution in [-0.4, -0.2) is 16.3 Å². The normalized spacial score (nSPS) is 24.6. The molecule has 1 aromatic carbocycles. The molecule has 1 fully saturated rings. The Balaban J connectivity index is 1.94. The molecule has 3 heteroatoms. The number of aromatic hydroxyl groups is 2. The van der Waals surface area contributed by atoms with Gasteiger partial charge in [-0.15, -0.1) is 0 Å². The lowest BCUT2D eigenvalue weighted by Crippen LogP contribution is -2.22. The third-order valence-electron chi connectivity index (χ3n) is 3.53. The Hall–Kier alpha value is -1.22. The summed E-state index contributed by atoms with van der Waals surface area (Å²) in [6.45, 7) is 4.26. The lowest BCUT2D eigenvalue weighted by atomic mass is 10.1. The van der Waals surface area contributed by atoms with Crippen LogP contribution >= 0.6 is 0 Å². The first-order valence-corrected chi connectivity index (χ1v) is 6.39. The maximum atomic E-state index is 9.76. The van der Waals surface area contributed by atoms with E-state index in [1.807, 2.05) is 6.92 Å². The molecule has 0 heterocycles. The maximum absolute atomic E-state index is 9.76. The number of rotatable bonds is 5. The van der Waals surface area contributed by atoms with Gasteiger partial charge >= 0.3 is 0 Å². The van der Waals surface area contributed by atoms with Crippen LogP contribution in [0.2, 0.25) is 0 Å². The Bertz CT molecular complexity index is 392. The first kappa shape index (κ1) is 12.2. The minimum absolute atomic E-state index is 0.105. The third kappa shape index (κ3) is 2.91. The highest BCUT2D eigenvalue weighted by molar-refractivity contribution is 5.40. The van der Waals surface area contributed by atoms with Gasteiger partial charge in [-0.25, -0.2) is 0 Å². The molecule has 3 atom stereocenters. The molecule has 3 N–H and O–H groups in total. The van der Waals surface area contributed by atoms with Crippen molar-refractivity contribution in [1.29, 1.82) is 0 Å². The molecular formula is C14H21NO2. The Morgan fingerprint density at radius 2 is 2.18 bits per heavy atom. The Kier molecular flexibility index (Phi) is 3.57. The van der Waals surface area contributed by atoms with Crippen molar-refractivity contribution in [2.45, 2.75) is 45.2 Å². The molecular weight excluding hydrogens is 214 g/mol. The van der Waals surface area contributed by atoms with Crippen molar-refractivity contribution >= 4 is 0 Å². The van der Waals surface area contributed by atoms with Crippen molar-refractivity contribution < 1.29 is 10.2 Å². The second kappa shape index (κ2) is 4.96. The second-order valence-electron chi connectivity index (χ2n) is 5.02. The molecule has 0 spiro atoms. The van der Waals surface area contributed by atoms with E-state index >= 15 is 0 Å². The zero-order valence-corrected chi connectivity index (χ0v) is 10.5. The van der Waals surface area contributed by atoms with Crippen molar-refractivity contribution in [2.24, 2.45) is 5.92 Å². The van der Waals surface area contributed by atoms with E-state index in [9.17, 15) is 10.2 Å². The van der Waals surface area contributed by atoms with E-state index in [0.717, 1.165) is 11.5 Å². The minimum atomic E-state index is 0.105. The highest BCUT2D eigenvalue weighted by Gasteiger charge is 2.36. The molecule has 1 saturated carbocycles. The van der Waals surface area contributed by atoms with E-state index in [0.29, 0.717) is 6.04 Å². The molecule has 0 radical (unpaired) electrons. The molecule has 1 aliphatic carbocycles. The molecule has 3 unspecified atom stereocenters. The van der Waals surface area contributed by atoms with Gasteiger partial charge in [0.1, 0.15) is 11.5 Å². The van der Waals surface area contributed by atoms with Crippen molar-refractivity contribution in [3.63, 3.8) is 0 Å². The average Bonchev–Trinajstić information content (AvgIpc) is 2.96. The number of hydrogen-bond acceptors (Lipinski definition) is 3. The fourth-order valence-electron chi connectivity index (χ4n) is 2.45. The minimum Gasteiger partial charge on any atom is -0.508 e. The van der Waals surface area contributed by atoms with Gasteiger partial charge in [0.25, 0.3) is 0 Å². The van der Waals surface area contributed by atoms with Gasteiger partial charge in [-0.2, -0.15) is 0 Å². The molecule has 0 amide bonds. The first-order valence-electron chi connectivity index (χ1n) is 6.39. The van der Waals surface area contributed by atoms with Crippen LogP contribution in [0.1, 0.15) is 44.7 Å². The monoisotopic (exact) mass is 235 g/mol. The van der Waals surface area contributed by atoms with Crippen LogP contribution in [0.3, 0.4) is 0 Å². The summed E-state index contributed by atoms with van der Waals surface area (Å²) in [5.74, 6) is 1.08. The van der Waals surface area contributed by atoms with Gasteiger partial charge in [0.2, 0.25) is 0 Å². The summed E-state index contributed by atoms with van der Waals surface area (Å²) >= 11 is 0. The fourth-order valence-corrected chi connectivity index (χ4v) is 2.45. The van der Waals surface area contributed by atoms with E-state index < -0.39 is 0 Å². The first-order chi connectivity index (χ1) is 8.11. The summed E-state index contributed by atoms with van der Waals surface area (Å²) in [7, 11) is 0. The smallest absolute Gasteiger partial charge is 0.124 e. The summed E-state index contributed by atoms with van der Waals surface area (Å²) < 4.78 is 0. The topological polar surface area (TPSA) is 52.5 Å². The number of benzene rings is 1. The Morgan fingerprint density at radius 1 is 1.41 bits per heavy atom. The van der Waals surface area contributed by atoms with E-state index in [2.05, 4.69) is 12.2 Å². The summed E-state index contributed by atoms with van der Waals surface area (Å²) in [4.78, 5) is 0.